The van der Waals surface area contributed by atoms with Crippen LogP contribution in [0, 0.1) is 13.8 Å². The molecule has 0 aromatic carbocycles. The van der Waals surface area contributed by atoms with Gasteiger partial charge in [-0.05, 0) is 32.1 Å². The molecule has 0 fully saturated rings. The van der Waals surface area contributed by atoms with Gasteiger partial charge >= 0.3 is 0 Å². The van der Waals surface area contributed by atoms with Gasteiger partial charge in [0.1, 0.15) is 0 Å². The van der Waals surface area contributed by atoms with Crippen LogP contribution in [0.5, 0.6) is 0 Å². The van der Waals surface area contributed by atoms with E-state index < -0.39 is 0 Å². The largest absolute Gasteiger partial charge is 0.361 e. The summed E-state index contributed by atoms with van der Waals surface area (Å²) in [6.45, 7) is 3.94. The van der Waals surface area contributed by atoms with E-state index in [0.29, 0.717) is 0 Å². The normalized spacial score (nSPS) is 9.00. The first-order valence-corrected chi connectivity index (χ1v) is 3.39. The molecule has 10 heavy (non-hydrogen) atoms. The van der Waals surface area contributed by atoms with Crippen molar-refractivity contribution in [2.45, 2.75) is 13.8 Å². The number of aromatic nitrogens is 1. The fraction of sp³-hybridized carbons (Fsp3) is 0.286. The van der Waals surface area contributed by atoms with Gasteiger partial charge in [0.15, 0.2) is 0 Å². The maximum atomic E-state index is 4.47. The monoisotopic (exact) mass is 152 g/mol. The van der Waals surface area contributed by atoms with Gasteiger partial charge in [-0.2, -0.15) is 4.99 Å². The van der Waals surface area contributed by atoms with Gasteiger partial charge in [0.25, 0.3) is 0 Å². The van der Waals surface area contributed by atoms with Crippen LogP contribution in [0.1, 0.15) is 11.4 Å². The maximum Gasteiger partial charge on any atom is 0.0946 e. The number of nitrogens with one attached hydrogen (secondary N) is 1. The van der Waals surface area contributed by atoms with Gasteiger partial charge in [-0.15, -0.1) is 0 Å². The number of aliphatic imine (C=N–C) groups is 1. The number of hydrogen-bond donors (Lipinski definition) is 1. The molecule has 0 radical (unpaired) electrons. The first-order chi connectivity index (χ1) is 4.74. The standard InChI is InChI=1S/C7H8N2S/c1-5-3-7(8-4-10)6(2)9-5/h3,9H,1-2H3. The predicted molar refractivity (Wildman–Crippen MR) is 45.0 cm³/mol. The van der Waals surface area contributed by atoms with Crippen LogP contribution >= 0.6 is 12.2 Å². The molecule has 0 amide bonds. The highest BCUT2D eigenvalue weighted by molar-refractivity contribution is 7.78. The van der Waals surface area contributed by atoms with Crippen molar-refractivity contribution in [3.05, 3.63) is 17.5 Å². The van der Waals surface area contributed by atoms with E-state index in [-0.39, 0.29) is 0 Å². The van der Waals surface area contributed by atoms with E-state index in [0.717, 1.165) is 17.1 Å². The highest BCUT2D eigenvalue weighted by Gasteiger charge is 1.97. The smallest absolute Gasteiger partial charge is 0.0946 e. The molecule has 3 heteroatoms. The first kappa shape index (κ1) is 7.19. The van der Waals surface area contributed by atoms with Crippen molar-refractivity contribution in [2.24, 2.45) is 4.99 Å². The van der Waals surface area contributed by atoms with Crippen LogP contribution in [-0.4, -0.2) is 10.1 Å². The predicted octanol–water partition coefficient (Wildman–Crippen LogP) is 2.37. The van der Waals surface area contributed by atoms with Crippen LogP contribution in [0.2, 0.25) is 0 Å². The van der Waals surface area contributed by atoms with Crippen LogP contribution in [-0.2, 0) is 0 Å². The molecule has 0 aliphatic rings. The van der Waals surface area contributed by atoms with Gasteiger partial charge in [-0.25, -0.2) is 0 Å². The lowest BCUT2D eigenvalue weighted by Gasteiger charge is -1.83. The lowest BCUT2D eigenvalue weighted by atomic mass is 10.4. The van der Waals surface area contributed by atoms with Crippen molar-refractivity contribution in [1.82, 2.24) is 4.98 Å². The Kier molecular flexibility index (Phi) is 2.00. The number of nitrogens with zero attached hydrogens (tertiary/aromatic N) is 1. The van der Waals surface area contributed by atoms with Gasteiger partial charge in [-0.3, -0.25) is 0 Å². The van der Waals surface area contributed by atoms with Crippen molar-refractivity contribution < 1.29 is 0 Å². The Labute approximate surface area is 65.0 Å². The first-order valence-electron chi connectivity index (χ1n) is 2.98. The van der Waals surface area contributed by atoms with E-state index in [2.05, 4.69) is 27.4 Å². The minimum Gasteiger partial charge on any atom is -0.361 e. The Hall–Kier alpha value is -0.920. The molecule has 0 saturated carbocycles. The zero-order valence-corrected chi connectivity index (χ0v) is 6.75. The SMILES string of the molecule is Cc1cc(N=C=S)c(C)[nH]1. The Morgan fingerprint density at radius 1 is 1.60 bits per heavy atom. The van der Waals surface area contributed by atoms with Crippen molar-refractivity contribution in [1.29, 1.82) is 0 Å². The van der Waals surface area contributed by atoms with Crippen LogP contribution in [0.25, 0.3) is 0 Å². The van der Waals surface area contributed by atoms with Gasteiger partial charge in [0, 0.05) is 11.4 Å². The molecule has 1 N–H and O–H groups in total. The summed E-state index contributed by atoms with van der Waals surface area (Å²) in [5.74, 6) is 0. The molecule has 1 aromatic rings. The topological polar surface area (TPSA) is 28.1 Å². The van der Waals surface area contributed by atoms with Gasteiger partial charge in [0.2, 0.25) is 0 Å². The van der Waals surface area contributed by atoms with Crippen LogP contribution in [0.3, 0.4) is 0 Å². The van der Waals surface area contributed by atoms with E-state index in [9.17, 15) is 0 Å². The zero-order chi connectivity index (χ0) is 7.56. The summed E-state index contributed by atoms with van der Waals surface area (Å²) in [6.07, 6.45) is 0. The number of aromatic amines is 1. The van der Waals surface area contributed by atoms with Crippen molar-refractivity contribution in [2.75, 3.05) is 0 Å². The number of hydrogen-bond acceptors (Lipinski definition) is 2. The Balaban J connectivity index is 3.14. The molecule has 0 spiro atoms. The third kappa shape index (κ3) is 1.32. The summed E-state index contributed by atoms with van der Waals surface area (Å²) in [5, 5.41) is 2.33. The summed E-state index contributed by atoms with van der Waals surface area (Å²) >= 11 is 4.47. The Morgan fingerprint density at radius 3 is 2.70 bits per heavy atom. The third-order valence-corrected chi connectivity index (χ3v) is 1.38. The Morgan fingerprint density at radius 2 is 2.30 bits per heavy atom. The number of rotatable bonds is 1. The molecule has 1 aromatic heterocycles. The molecule has 0 bridgehead atoms. The summed E-state index contributed by atoms with van der Waals surface area (Å²) in [7, 11) is 0. The number of H-pyrrole nitrogens is 1. The average molecular weight is 152 g/mol. The second-order valence-corrected chi connectivity index (χ2v) is 2.35. The second-order valence-electron chi connectivity index (χ2n) is 2.17. The van der Waals surface area contributed by atoms with Gasteiger partial charge in [0.05, 0.1) is 10.8 Å². The molecule has 52 valence electrons. The van der Waals surface area contributed by atoms with Crippen molar-refractivity contribution in [3.8, 4) is 0 Å². The van der Waals surface area contributed by atoms with Crippen molar-refractivity contribution >= 4 is 23.1 Å². The van der Waals surface area contributed by atoms with Crippen LogP contribution in [0.4, 0.5) is 5.69 Å². The molecular weight excluding hydrogens is 144 g/mol. The summed E-state index contributed by atoms with van der Waals surface area (Å²) in [6, 6.07) is 1.94. The molecule has 0 unspecified atom stereocenters. The van der Waals surface area contributed by atoms with E-state index in [1.807, 2.05) is 19.9 Å². The number of thiocarbonyl (C=S) groups is 1. The van der Waals surface area contributed by atoms with E-state index >= 15 is 0 Å². The van der Waals surface area contributed by atoms with Crippen LogP contribution < -0.4 is 0 Å². The molecule has 2 nitrogen and oxygen atoms in total. The second kappa shape index (κ2) is 2.78. The minimum atomic E-state index is 0.882. The third-order valence-electron chi connectivity index (χ3n) is 1.29. The van der Waals surface area contributed by atoms with E-state index in [1.54, 1.807) is 0 Å². The molecule has 0 saturated heterocycles. The molecule has 0 aliphatic heterocycles. The zero-order valence-electron chi connectivity index (χ0n) is 5.93. The Bertz CT molecular complexity index is 282. The fourth-order valence-electron chi connectivity index (χ4n) is 0.875. The summed E-state index contributed by atoms with van der Waals surface area (Å²) < 4.78 is 0. The molecule has 1 rings (SSSR count). The lowest BCUT2D eigenvalue weighted by molar-refractivity contribution is 1.19. The van der Waals surface area contributed by atoms with E-state index in [1.165, 1.54) is 0 Å². The van der Waals surface area contributed by atoms with Gasteiger partial charge in [-0.1, -0.05) is 0 Å². The average Bonchev–Trinajstić information content (AvgIpc) is 2.13. The highest BCUT2D eigenvalue weighted by Crippen LogP contribution is 2.17. The molecule has 1 heterocycles. The number of aryl methyl sites for hydroxylation is 2. The summed E-state index contributed by atoms with van der Waals surface area (Å²) in [5.41, 5.74) is 3.02. The fourth-order valence-corrected chi connectivity index (χ4v) is 0.973. The van der Waals surface area contributed by atoms with E-state index in [4.69, 9.17) is 0 Å². The van der Waals surface area contributed by atoms with Crippen LogP contribution in [0.15, 0.2) is 11.1 Å². The number of isothiocyanates is 1. The summed E-state index contributed by atoms with van der Waals surface area (Å²) in [4.78, 5) is 6.97. The maximum absolute atomic E-state index is 4.47. The quantitative estimate of drug-likeness (QED) is 0.485. The molecule has 0 aliphatic carbocycles. The van der Waals surface area contributed by atoms with Crippen molar-refractivity contribution in [3.63, 3.8) is 0 Å². The minimum absolute atomic E-state index is 0.882. The highest BCUT2D eigenvalue weighted by atomic mass is 32.1. The molecular formula is C7H8N2S. The van der Waals surface area contributed by atoms with Gasteiger partial charge < -0.3 is 4.98 Å². The lowest BCUT2D eigenvalue weighted by Crippen LogP contribution is -1.69. The molecule has 0 atom stereocenters.